The van der Waals surface area contributed by atoms with Crippen molar-refractivity contribution in [2.24, 2.45) is 28.3 Å². The van der Waals surface area contributed by atoms with E-state index >= 15 is 0 Å². The third kappa shape index (κ3) is 2.79. The lowest BCUT2D eigenvalue weighted by atomic mass is 9.49. The Morgan fingerprint density at radius 2 is 1.57 bits per heavy atom. The standard InChI is InChI=1S/C20H28N2O/c1-13-5-18(6-14(2)19(13)22-23)21-4-3-20-10-15-7-16(11-20)9-17(8-15)12-20/h5-6,15-17,21H,3-4,7-12H2,1-2H3. The van der Waals surface area contributed by atoms with Crippen molar-refractivity contribution >= 4 is 11.4 Å². The van der Waals surface area contributed by atoms with E-state index in [1.165, 1.54) is 44.9 Å². The van der Waals surface area contributed by atoms with Crippen molar-refractivity contribution in [3.8, 4) is 0 Å². The molecule has 124 valence electrons. The first kappa shape index (κ1) is 15.2. The minimum absolute atomic E-state index is 0.594. The van der Waals surface area contributed by atoms with Gasteiger partial charge in [-0.15, -0.1) is 4.91 Å². The van der Waals surface area contributed by atoms with Gasteiger partial charge in [0.15, 0.2) is 0 Å². The Balaban J connectivity index is 1.40. The number of nitrogens with zero attached hydrogens (tertiary/aromatic N) is 1. The molecule has 5 rings (SSSR count). The highest BCUT2D eigenvalue weighted by Gasteiger charge is 2.50. The van der Waals surface area contributed by atoms with E-state index in [0.717, 1.165) is 41.1 Å². The molecule has 3 heteroatoms. The molecule has 0 radical (unpaired) electrons. The van der Waals surface area contributed by atoms with Crippen molar-refractivity contribution in [1.29, 1.82) is 0 Å². The van der Waals surface area contributed by atoms with E-state index in [4.69, 9.17) is 0 Å². The summed E-state index contributed by atoms with van der Waals surface area (Å²) in [7, 11) is 0. The Kier molecular flexibility index (Phi) is 3.70. The van der Waals surface area contributed by atoms with E-state index in [1.54, 1.807) is 0 Å². The summed E-state index contributed by atoms with van der Waals surface area (Å²) in [6.45, 7) is 4.99. The van der Waals surface area contributed by atoms with Crippen LogP contribution in [0, 0.1) is 41.9 Å². The van der Waals surface area contributed by atoms with Crippen molar-refractivity contribution in [2.45, 2.75) is 58.8 Å². The summed E-state index contributed by atoms with van der Waals surface area (Å²) in [6, 6.07) is 4.12. The van der Waals surface area contributed by atoms with Crippen molar-refractivity contribution in [3.63, 3.8) is 0 Å². The molecule has 3 nitrogen and oxygen atoms in total. The molecular formula is C20H28N2O. The van der Waals surface area contributed by atoms with E-state index in [2.05, 4.69) is 22.6 Å². The molecule has 0 aliphatic heterocycles. The molecule has 0 spiro atoms. The molecule has 0 atom stereocenters. The summed E-state index contributed by atoms with van der Waals surface area (Å²) in [6.07, 6.45) is 10.3. The van der Waals surface area contributed by atoms with Crippen LogP contribution in [-0.2, 0) is 0 Å². The van der Waals surface area contributed by atoms with Crippen LogP contribution in [0.3, 0.4) is 0 Å². The van der Waals surface area contributed by atoms with Gasteiger partial charge in [0.25, 0.3) is 0 Å². The summed E-state index contributed by atoms with van der Waals surface area (Å²) >= 11 is 0. The lowest BCUT2D eigenvalue weighted by Crippen LogP contribution is -2.46. The third-order valence-corrected chi connectivity index (χ3v) is 6.73. The zero-order valence-electron chi connectivity index (χ0n) is 14.4. The van der Waals surface area contributed by atoms with E-state index in [-0.39, 0.29) is 0 Å². The van der Waals surface area contributed by atoms with Crippen LogP contribution < -0.4 is 5.32 Å². The molecule has 1 aromatic rings. The topological polar surface area (TPSA) is 41.5 Å². The molecule has 23 heavy (non-hydrogen) atoms. The number of nitrogens with one attached hydrogen (secondary N) is 1. The van der Waals surface area contributed by atoms with Gasteiger partial charge in [0.2, 0.25) is 0 Å². The highest BCUT2D eigenvalue weighted by molar-refractivity contribution is 5.61. The summed E-state index contributed by atoms with van der Waals surface area (Å²) in [5.41, 5.74) is 4.30. The summed E-state index contributed by atoms with van der Waals surface area (Å²) < 4.78 is 0. The van der Waals surface area contributed by atoms with Crippen LogP contribution in [0.25, 0.3) is 0 Å². The molecule has 4 fully saturated rings. The molecule has 4 aliphatic carbocycles. The first-order valence-corrected chi connectivity index (χ1v) is 9.25. The molecule has 0 heterocycles. The van der Waals surface area contributed by atoms with Gasteiger partial charge in [-0.25, -0.2) is 0 Å². The van der Waals surface area contributed by atoms with Crippen molar-refractivity contribution in [1.82, 2.24) is 0 Å². The predicted octanol–water partition coefficient (Wildman–Crippen LogP) is 5.72. The molecule has 1 aromatic carbocycles. The number of aryl methyl sites for hydroxylation is 2. The van der Waals surface area contributed by atoms with Gasteiger partial charge in [0.05, 0.1) is 0 Å². The van der Waals surface area contributed by atoms with Crippen molar-refractivity contribution in [3.05, 3.63) is 28.2 Å². The van der Waals surface area contributed by atoms with Gasteiger partial charge in [0.1, 0.15) is 5.69 Å². The zero-order valence-corrected chi connectivity index (χ0v) is 14.4. The van der Waals surface area contributed by atoms with Crippen LogP contribution in [0.2, 0.25) is 0 Å². The highest BCUT2D eigenvalue weighted by Crippen LogP contribution is 2.61. The maximum atomic E-state index is 10.9. The molecular weight excluding hydrogens is 284 g/mol. The Morgan fingerprint density at radius 3 is 2.04 bits per heavy atom. The molecule has 0 unspecified atom stereocenters. The van der Waals surface area contributed by atoms with Crippen LogP contribution in [0.5, 0.6) is 0 Å². The SMILES string of the molecule is Cc1cc(NCCC23CC4CC(CC(C4)C2)C3)cc(C)c1N=O. The lowest BCUT2D eigenvalue weighted by molar-refractivity contribution is -0.0552. The normalized spacial score (nSPS) is 34.6. The fourth-order valence-corrected chi connectivity index (χ4v) is 6.27. The first-order chi connectivity index (χ1) is 11.1. The van der Waals surface area contributed by atoms with Crippen LogP contribution in [0.1, 0.15) is 56.1 Å². The monoisotopic (exact) mass is 312 g/mol. The van der Waals surface area contributed by atoms with Crippen LogP contribution in [0.4, 0.5) is 11.4 Å². The van der Waals surface area contributed by atoms with Gasteiger partial charge in [-0.2, -0.15) is 0 Å². The minimum atomic E-state index is 0.594. The third-order valence-electron chi connectivity index (χ3n) is 6.73. The smallest absolute Gasteiger partial charge is 0.113 e. The van der Waals surface area contributed by atoms with Gasteiger partial charge in [-0.1, -0.05) is 0 Å². The van der Waals surface area contributed by atoms with Crippen LogP contribution >= 0.6 is 0 Å². The Labute approximate surface area is 139 Å². The second kappa shape index (κ2) is 5.61. The number of benzene rings is 1. The number of anilines is 1. The van der Waals surface area contributed by atoms with Crippen LogP contribution in [0.15, 0.2) is 17.3 Å². The number of hydrogen-bond acceptors (Lipinski definition) is 3. The van der Waals surface area contributed by atoms with Crippen LogP contribution in [-0.4, -0.2) is 6.54 Å². The average Bonchev–Trinajstić information content (AvgIpc) is 2.45. The Bertz CT molecular complexity index is 564. The maximum Gasteiger partial charge on any atom is 0.113 e. The number of nitroso groups, excluding NO2 is 1. The number of hydrogen-bond donors (Lipinski definition) is 1. The Hall–Kier alpha value is -1.38. The quantitative estimate of drug-likeness (QED) is 0.706. The number of rotatable bonds is 5. The molecule has 4 bridgehead atoms. The molecule has 4 aliphatic rings. The fraction of sp³-hybridized carbons (Fsp3) is 0.700. The minimum Gasteiger partial charge on any atom is -0.385 e. The summed E-state index contributed by atoms with van der Waals surface area (Å²) in [4.78, 5) is 10.9. The van der Waals surface area contributed by atoms with Crippen molar-refractivity contribution in [2.75, 3.05) is 11.9 Å². The second-order valence-electron chi connectivity index (χ2n) is 8.64. The van der Waals surface area contributed by atoms with Gasteiger partial charge in [-0.3, -0.25) is 0 Å². The highest BCUT2D eigenvalue weighted by atomic mass is 16.3. The molecule has 4 saturated carbocycles. The van der Waals surface area contributed by atoms with E-state index in [0.29, 0.717) is 11.1 Å². The van der Waals surface area contributed by atoms with Gasteiger partial charge >= 0.3 is 0 Å². The molecule has 1 N–H and O–H groups in total. The predicted molar refractivity (Wildman–Crippen MR) is 95.1 cm³/mol. The molecule has 0 amide bonds. The maximum absolute atomic E-state index is 10.9. The van der Waals surface area contributed by atoms with E-state index in [1.807, 2.05) is 13.8 Å². The molecule has 0 saturated heterocycles. The van der Waals surface area contributed by atoms with E-state index < -0.39 is 0 Å². The molecule has 0 aromatic heterocycles. The average molecular weight is 312 g/mol. The van der Waals surface area contributed by atoms with Gasteiger partial charge < -0.3 is 5.32 Å². The van der Waals surface area contributed by atoms with Gasteiger partial charge in [0, 0.05) is 12.2 Å². The van der Waals surface area contributed by atoms with Gasteiger partial charge in [-0.05, 0) is 110 Å². The first-order valence-electron chi connectivity index (χ1n) is 9.25. The second-order valence-corrected chi connectivity index (χ2v) is 8.64. The lowest BCUT2D eigenvalue weighted by Gasteiger charge is -2.57. The van der Waals surface area contributed by atoms with Crippen molar-refractivity contribution < 1.29 is 0 Å². The fourth-order valence-electron chi connectivity index (χ4n) is 6.27. The largest absolute Gasteiger partial charge is 0.385 e. The Morgan fingerprint density at radius 1 is 1.04 bits per heavy atom. The zero-order chi connectivity index (χ0) is 16.0. The summed E-state index contributed by atoms with van der Waals surface area (Å²) in [5.74, 6) is 3.09. The summed E-state index contributed by atoms with van der Waals surface area (Å²) in [5, 5.41) is 6.75. The van der Waals surface area contributed by atoms with E-state index in [9.17, 15) is 4.91 Å².